The molecule has 0 saturated carbocycles. The Morgan fingerprint density at radius 2 is 2.15 bits per heavy atom. The number of benzene rings is 1. The van der Waals surface area contributed by atoms with Crippen LogP contribution >= 0.6 is 12.6 Å². The van der Waals surface area contributed by atoms with E-state index in [-0.39, 0.29) is 0 Å². The fraction of sp³-hybridized carbons (Fsp3) is 0.273. The van der Waals surface area contributed by atoms with Crippen LogP contribution in [0.4, 0.5) is 0 Å². The molecule has 0 atom stereocenters. The number of para-hydroxylation sites is 1. The second-order valence-electron chi connectivity index (χ2n) is 3.19. The number of H-pyrrole nitrogens is 1. The van der Waals surface area contributed by atoms with E-state index in [9.17, 15) is 0 Å². The second-order valence-corrected chi connectivity index (χ2v) is 3.63. The molecule has 0 unspecified atom stereocenters. The molecule has 68 valence electrons. The number of thiol groups is 1. The van der Waals surface area contributed by atoms with Crippen LogP contribution in [-0.4, -0.2) is 10.7 Å². The molecule has 1 aromatic carbocycles. The van der Waals surface area contributed by atoms with Crippen molar-refractivity contribution in [1.29, 1.82) is 0 Å². The Labute approximate surface area is 83.6 Å². The molecule has 0 amide bonds. The third kappa shape index (κ3) is 1.73. The van der Waals surface area contributed by atoms with Crippen molar-refractivity contribution in [3.05, 3.63) is 36.0 Å². The van der Waals surface area contributed by atoms with Gasteiger partial charge in [-0.15, -0.1) is 0 Å². The maximum Gasteiger partial charge on any atom is 0.0486 e. The van der Waals surface area contributed by atoms with Crippen LogP contribution in [0, 0.1) is 0 Å². The number of rotatable bonds is 3. The Hall–Kier alpha value is -0.890. The third-order valence-electron chi connectivity index (χ3n) is 2.28. The average Bonchev–Trinajstić information content (AvgIpc) is 2.62. The van der Waals surface area contributed by atoms with Crippen molar-refractivity contribution in [3.8, 4) is 0 Å². The third-order valence-corrected chi connectivity index (χ3v) is 2.59. The molecular weight excluding hydrogens is 178 g/mol. The van der Waals surface area contributed by atoms with Crippen LogP contribution in [0.1, 0.15) is 12.0 Å². The molecule has 0 fully saturated rings. The van der Waals surface area contributed by atoms with Gasteiger partial charge < -0.3 is 4.98 Å². The first-order chi connectivity index (χ1) is 6.42. The quantitative estimate of drug-likeness (QED) is 0.694. The van der Waals surface area contributed by atoms with Crippen LogP contribution < -0.4 is 0 Å². The lowest BCUT2D eigenvalue weighted by Gasteiger charge is -2.01. The molecule has 2 aromatic rings. The minimum absolute atomic E-state index is 0.955. The molecule has 0 aliphatic heterocycles. The highest BCUT2D eigenvalue weighted by molar-refractivity contribution is 7.80. The summed E-state index contributed by atoms with van der Waals surface area (Å²) >= 11 is 4.22. The van der Waals surface area contributed by atoms with E-state index in [4.69, 9.17) is 0 Å². The molecule has 0 radical (unpaired) electrons. The summed E-state index contributed by atoms with van der Waals surface area (Å²) in [7, 11) is 0. The first kappa shape index (κ1) is 8.70. The van der Waals surface area contributed by atoms with E-state index >= 15 is 0 Å². The van der Waals surface area contributed by atoms with Crippen molar-refractivity contribution in [2.24, 2.45) is 0 Å². The number of hydrogen-bond donors (Lipinski definition) is 2. The van der Waals surface area contributed by atoms with Crippen molar-refractivity contribution in [1.82, 2.24) is 4.98 Å². The molecule has 0 bridgehead atoms. The maximum atomic E-state index is 4.22. The van der Waals surface area contributed by atoms with E-state index in [0.29, 0.717) is 0 Å². The predicted octanol–water partition coefficient (Wildman–Crippen LogP) is 3.03. The number of nitrogens with one attached hydrogen (secondary N) is 1. The summed E-state index contributed by atoms with van der Waals surface area (Å²) in [5.41, 5.74) is 2.68. The lowest BCUT2D eigenvalue weighted by Crippen LogP contribution is -1.87. The van der Waals surface area contributed by atoms with Crippen molar-refractivity contribution in [3.63, 3.8) is 0 Å². The SMILES string of the molecule is SCCCc1cccc2cc[nH]c12. The number of aromatic nitrogens is 1. The van der Waals surface area contributed by atoms with Gasteiger partial charge in [0.15, 0.2) is 0 Å². The molecule has 0 spiro atoms. The molecular formula is C11H13NS. The van der Waals surface area contributed by atoms with E-state index in [1.807, 2.05) is 6.20 Å². The van der Waals surface area contributed by atoms with Crippen molar-refractivity contribution < 1.29 is 0 Å². The normalized spacial score (nSPS) is 10.8. The van der Waals surface area contributed by atoms with Crippen molar-refractivity contribution in [2.45, 2.75) is 12.8 Å². The molecule has 1 aromatic heterocycles. The summed E-state index contributed by atoms with van der Waals surface area (Å²) in [5.74, 6) is 0.955. The number of aryl methyl sites for hydroxylation is 1. The van der Waals surface area contributed by atoms with Gasteiger partial charge in [0.2, 0.25) is 0 Å². The monoisotopic (exact) mass is 191 g/mol. The molecule has 1 heterocycles. The molecule has 0 saturated heterocycles. The van der Waals surface area contributed by atoms with Gasteiger partial charge >= 0.3 is 0 Å². The lowest BCUT2D eigenvalue weighted by atomic mass is 10.1. The van der Waals surface area contributed by atoms with Gasteiger partial charge in [-0.05, 0) is 35.6 Å². The van der Waals surface area contributed by atoms with E-state index in [1.165, 1.54) is 16.5 Å². The maximum absolute atomic E-state index is 4.22. The highest BCUT2D eigenvalue weighted by Crippen LogP contribution is 2.18. The van der Waals surface area contributed by atoms with Crippen LogP contribution in [0.5, 0.6) is 0 Å². The minimum atomic E-state index is 0.955. The number of fused-ring (bicyclic) bond motifs is 1. The Bertz CT molecular complexity index is 392. The molecule has 0 aliphatic carbocycles. The zero-order valence-electron chi connectivity index (χ0n) is 7.46. The van der Waals surface area contributed by atoms with Gasteiger partial charge in [0.05, 0.1) is 0 Å². The molecule has 13 heavy (non-hydrogen) atoms. The van der Waals surface area contributed by atoms with Gasteiger partial charge in [-0.25, -0.2) is 0 Å². The Morgan fingerprint density at radius 3 is 3.00 bits per heavy atom. The van der Waals surface area contributed by atoms with Crippen LogP contribution in [0.25, 0.3) is 10.9 Å². The summed E-state index contributed by atoms with van der Waals surface area (Å²) in [6.07, 6.45) is 4.25. The van der Waals surface area contributed by atoms with Crippen LogP contribution in [0.3, 0.4) is 0 Å². The van der Waals surface area contributed by atoms with Crippen molar-refractivity contribution in [2.75, 3.05) is 5.75 Å². The fourth-order valence-corrected chi connectivity index (χ4v) is 1.79. The number of hydrogen-bond acceptors (Lipinski definition) is 1. The number of aromatic amines is 1. The smallest absolute Gasteiger partial charge is 0.0486 e. The topological polar surface area (TPSA) is 15.8 Å². The molecule has 1 N–H and O–H groups in total. The standard InChI is InChI=1S/C11H13NS/c13-8-2-5-9-3-1-4-10-6-7-12-11(9)10/h1,3-4,6-7,12-13H,2,5,8H2. The largest absolute Gasteiger partial charge is 0.361 e. The van der Waals surface area contributed by atoms with Crippen LogP contribution in [-0.2, 0) is 6.42 Å². The first-order valence-electron chi connectivity index (χ1n) is 4.57. The Kier molecular flexibility index (Phi) is 2.60. The summed E-state index contributed by atoms with van der Waals surface area (Å²) in [5, 5.41) is 1.30. The summed E-state index contributed by atoms with van der Waals surface area (Å²) in [4.78, 5) is 3.27. The molecule has 1 nitrogen and oxygen atoms in total. The minimum Gasteiger partial charge on any atom is -0.361 e. The summed E-state index contributed by atoms with van der Waals surface area (Å²) in [6, 6.07) is 8.54. The first-order valence-corrected chi connectivity index (χ1v) is 5.21. The van der Waals surface area contributed by atoms with Gasteiger partial charge in [0.1, 0.15) is 0 Å². The van der Waals surface area contributed by atoms with Gasteiger partial charge in [0, 0.05) is 11.7 Å². The Balaban J connectivity index is 2.37. The molecule has 2 rings (SSSR count). The average molecular weight is 191 g/mol. The molecule has 0 aliphatic rings. The summed E-state index contributed by atoms with van der Waals surface area (Å²) < 4.78 is 0. The van der Waals surface area contributed by atoms with Gasteiger partial charge in [0.25, 0.3) is 0 Å². The highest BCUT2D eigenvalue weighted by atomic mass is 32.1. The zero-order valence-corrected chi connectivity index (χ0v) is 8.35. The Morgan fingerprint density at radius 1 is 1.23 bits per heavy atom. The van der Waals surface area contributed by atoms with E-state index in [1.54, 1.807) is 0 Å². The second kappa shape index (κ2) is 3.88. The molecule has 2 heteroatoms. The fourth-order valence-electron chi connectivity index (χ4n) is 1.63. The van der Waals surface area contributed by atoms with Gasteiger partial charge in [-0.1, -0.05) is 18.2 Å². The van der Waals surface area contributed by atoms with Crippen molar-refractivity contribution >= 4 is 23.5 Å². The van der Waals surface area contributed by atoms with E-state index < -0.39 is 0 Å². The van der Waals surface area contributed by atoms with Gasteiger partial charge in [-0.2, -0.15) is 12.6 Å². The highest BCUT2D eigenvalue weighted by Gasteiger charge is 1.99. The predicted molar refractivity (Wildman–Crippen MR) is 60.5 cm³/mol. The van der Waals surface area contributed by atoms with E-state index in [2.05, 4.69) is 41.9 Å². The van der Waals surface area contributed by atoms with Crippen LogP contribution in [0.15, 0.2) is 30.5 Å². The van der Waals surface area contributed by atoms with E-state index in [0.717, 1.165) is 18.6 Å². The lowest BCUT2D eigenvalue weighted by molar-refractivity contribution is 0.942. The zero-order chi connectivity index (χ0) is 9.10. The van der Waals surface area contributed by atoms with Crippen LogP contribution in [0.2, 0.25) is 0 Å². The summed E-state index contributed by atoms with van der Waals surface area (Å²) in [6.45, 7) is 0. The van der Waals surface area contributed by atoms with Gasteiger partial charge in [-0.3, -0.25) is 0 Å².